The van der Waals surface area contributed by atoms with Crippen molar-refractivity contribution >= 4 is 5.97 Å². The summed E-state index contributed by atoms with van der Waals surface area (Å²) in [5.74, 6) is -2.43. The lowest BCUT2D eigenvalue weighted by molar-refractivity contribution is 0.0696. The monoisotopic (exact) mass is 188 g/mol. The minimum Gasteiger partial charge on any atom is -0.478 e. The number of halogens is 2. The van der Waals surface area contributed by atoms with Gasteiger partial charge in [0.05, 0.1) is 5.56 Å². The Hall–Kier alpha value is -1.65. The largest absolute Gasteiger partial charge is 0.478 e. The zero-order chi connectivity index (χ0) is 9.84. The zero-order valence-corrected chi connectivity index (χ0v) is 6.46. The van der Waals surface area contributed by atoms with E-state index in [9.17, 15) is 13.6 Å². The Balaban J connectivity index is 2.98. The molecule has 1 aromatic carbocycles. The highest BCUT2D eigenvalue weighted by molar-refractivity contribution is 5.87. The number of alkyl halides is 1. The Morgan fingerprint density at radius 1 is 1.54 bits per heavy atom. The first-order valence-corrected chi connectivity index (χ1v) is 3.36. The average Bonchev–Trinajstić information content (AvgIpc) is 2.08. The standard InChI is InChI=1S/C8H6F2O3/c9-4-13-7-2-1-5(8(11)12)3-6(7)10/h1-3H,4H2,(H,11,12). The first-order chi connectivity index (χ1) is 6.15. The average molecular weight is 188 g/mol. The fraction of sp³-hybridized carbons (Fsp3) is 0.125. The van der Waals surface area contributed by atoms with Crippen LogP contribution in [0.25, 0.3) is 0 Å². The van der Waals surface area contributed by atoms with E-state index >= 15 is 0 Å². The van der Waals surface area contributed by atoms with Crippen LogP contribution in [0.1, 0.15) is 10.4 Å². The summed E-state index contributed by atoms with van der Waals surface area (Å²) in [5, 5.41) is 8.45. The Bertz CT molecular complexity index is 325. The number of aromatic carboxylic acids is 1. The van der Waals surface area contributed by atoms with Crippen LogP contribution in [0.5, 0.6) is 5.75 Å². The van der Waals surface area contributed by atoms with E-state index in [0.29, 0.717) is 0 Å². The maximum absolute atomic E-state index is 12.8. The van der Waals surface area contributed by atoms with E-state index in [1.807, 2.05) is 0 Å². The Kier molecular flexibility index (Phi) is 2.79. The lowest BCUT2D eigenvalue weighted by Crippen LogP contribution is -1.99. The summed E-state index contributed by atoms with van der Waals surface area (Å²) in [4.78, 5) is 10.3. The van der Waals surface area contributed by atoms with E-state index in [0.717, 1.165) is 18.2 Å². The van der Waals surface area contributed by atoms with E-state index in [1.165, 1.54) is 0 Å². The van der Waals surface area contributed by atoms with Gasteiger partial charge in [-0.15, -0.1) is 0 Å². The molecule has 0 unspecified atom stereocenters. The van der Waals surface area contributed by atoms with Gasteiger partial charge in [0.1, 0.15) is 0 Å². The van der Waals surface area contributed by atoms with Gasteiger partial charge in [0.2, 0.25) is 6.86 Å². The highest BCUT2D eigenvalue weighted by atomic mass is 19.1. The Morgan fingerprint density at radius 2 is 2.23 bits per heavy atom. The van der Waals surface area contributed by atoms with Crippen LogP contribution in [0.4, 0.5) is 8.78 Å². The van der Waals surface area contributed by atoms with Crippen molar-refractivity contribution in [2.45, 2.75) is 0 Å². The van der Waals surface area contributed by atoms with Gasteiger partial charge in [0.15, 0.2) is 11.6 Å². The van der Waals surface area contributed by atoms with E-state index < -0.39 is 18.6 Å². The van der Waals surface area contributed by atoms with Crippen molar-refractivity contribution in [2.24, 2.45) is 0 Å². The van der Waals surface area contributed by atoms with Crippen molar-refractivity contribution in [2.75, 3.05) is 6.86 Å². The molecule has 0 aromatic heterocycles. The predicted molar refractivity (Wildman–Crippen MR) is 40.0 cm³/mol. The van der Waals surface area contributed by atoms with Crippen molar-refractivity contribution in [3.05, 3.63) is 29.6 Å². The van der Waals surface area contributed by atoms with Crippen LogP contribution in [0.2, 0.25) is 0 Å². The van der Waals surface area contributed by atoms with Crippen molar-refractivity contribution < 1.29 is 23.4 Å². The second-order valence-corrected chi connectivity index (χ2v) is 2.20. The molecule has 0 atom stereocenters. The molecule has 5 heteroatoms. The van der Waals surface area contributed by atoms with Crippen LogP contribution in [0.3, 0.4) is 0 Å². The smallest absolute Gasteiger partial charge is 0.335 e. The van der Waals surface area contributed by atoms with Crippen LogP contribution in [-0.4, -0.2) is 17.9 Å². The summed E-state index contributed by atoms with van der Waals surface area (Å²) >= 11 is 0. The second kappa shape index (κ2) is 3.84. The molecular weight excluding hydrogens is 182 g/mol. The molecule has 1 N–H and O–H groups in total. The minimum absolute atomic E-state index is 0.205. The normalized spacial score (nSPS) is 9.69. The molecule has 1 aromatic rings. The van der Waals surface area contributed by atoms with Gasteiger partial charge < -0.3 is 9.84 Å². The quantitative estimate of drug-likeness (QED) is 0.787. The third-order valence-corrected chi connectivity index (χ3v) is 1.39. The number of ether oxygens (including phenoxy) is 1. The van der Waals surface area contributed by atoms with Gasteiger partial charge in [0.25, 0.3) is 0 Å². The van der Waals surface area contributed by atoms with Gasteiger partial charge in [-0.25, -0.2) is 13.6 Å². The number of rotatable bonds is 3. The lowest BCUT2D eigenvalue weighted by Gasteiger charge is -2.02. The molecule has 0 saturated carbocycles. The lowest BCUT2D eigenvalue weighted by atomic mass is 10.2. The summed E-state index contributed by atoms with van der Waals surface area (Å²) in [6.45, 7) is -1.15. The molecule has 1 rings (SSSR count). The maximum Gasteiger partial charge on any atom is 0.335 e. The van der Waals surface area contributed by atoms with Crippen molar-refractivity contribution in [3.63, 3.8) is 0 Å². The van der Waals surface area contributed by atoms with Crippen molar-refractivity contribution in [1.29, 1.82) is 0 Å². The van der Waals surface area contributed by atoms with Gasteiger partial charge in [-0.2, -0.15) is 0 Å². The van der Waals surface area contributed by atoms with Crippen LogP contribution in [-0.2, 0) is 0 Å². The highest BCUT2D eigenvalue weighted by Gasteiger charge is 2.08. The Labute approximate surface area is 72.6 Å². The molecule has 0 spiro atoms. The number of hydrogen-bond acceptors (Lipinski definition) is 2. The molecule has 0 heterocycles. The third kappa shape index (κ3) is 2.14. The summed E-state index contributed by atoms with van der Waals surface area (Å²) in [7, 11) is 0. The first kappa shape index (κ1) is 9.44. The van der Waals surface area contributed by atoms with Gasteiger partial charge in [0, 0.05) is 0 Å². The number of hydrogen-bond donors (Lipinski definition) is 1. The molecule has 0 aliphatic rings. The zero-order valence-electron chi connectivity index (χ0n) is 6.46. The van der Waals surface area contributed by atoms with E-state index in [2.05, 4.69) is 4.74 Å². The van der Waals surface area contributed by atoms with E-state index in [1.54, 1.807) is 0 Å². The third-order valence-electron chi connectivity index (χ3n) is 1.39. The SMILES string of the molecule is O=C(O)c1ccc(OCF)c(F)c1. The number of benzene rings is 1. The molecule has 0 amide bonds. The number of carboxylic acids is 1. The molecule has 13 heavy (non-hydrogen) atoms. The predicted octanol–water partition coefficient (Wildman–Crippen LogP) is 1.83. The van der Waals surface area contributed by atoms with Crippen LogP contribution in [0.15, 0.2) is 18.2 Å². The van der Waals surface area contributed by atoms with E-state index in [-0.39, 0.29) is 11.3 Å². The highest BCUT2D eigenvalue weighted by Crippen LogP contribution is 2.18. The summed E-state index contributed by atoms with van der Waals surface area (Å²) in [6, 6.07) is 2.97. The summed E-state index contributed by atoms with van der Waals surface area (Å²) < 4.78 is 28.7. The molecule has 0 bridgehead atoms. The van der Waals surface area contributed by atoms with Crippen LogP contribution >= 0.6 is 0 Å². The van der Waals surface area contributed by atoms with E-state index in [4.69, 9.17) is 5.11 Å². The van der Waals surface area contributed by atoms with Crippen molar-refractivity contribution in [1.82, 2.24) is 0 Å². The fourth-order valence-electron chi connectivity index (χ4n) is 0.810. The van der Waals surface area contributed by atoms with Gasteiger partial charge >= 0.3 is 5.97 Å². The summed E-state index contributed by atoms with van der Waals surface area (Å²) in [6.07, 6.45) is 0. The molecule has 0 fully saturated rings. The maximum atomic E-state index is 12.8. The van der Waals surface area contributed by atoms with Gasteiger partial charge in [-0.1, -0.05) is 0 Å². The second-order valence-electron chi connectivity index (χ2n) is 2.20. The molecule has 70 valence electrons. The van der Waals surface area contributed by atoms with Gasteiger partial charge in [-0.05, 0) is 18.2 Å². The molecule has 0 radical (unpaired) electrons. The molecule has 3 nitrogen and oxygen atoms in total. The van der Waals surface area contributed by atoms with Crippen LogP contribution < -0.4 is 4.74 Å². The molecular formula is C8H6F2O3. The molecule has 0 aliphatic carbocycles. The van der Waals surface area contributed by atoms with Gasteiger partial charge in [-0.3, -0.25) is 0 Å². The Morgan fingerprint density at radius 3 is 2.69 bits per heavy atom. The number of carboxylic acid groups (broad SMARTS) is 1. The number of carbonyl (C=O) groups is 1. The minimum atomic E-state index is -1.24. The van der Waals surface area contributed by atoms with Crippen molar-refractivity contribution in [3.8, 4) is 5.75 Å². The first-order valence-electron chi connectivity index (χ1n) is 3.36. The fourth-order valence-corrected chi connectivity index (χ4v) is 0.810. The van der Waals surface area contributed by atoms with Crippen LogP contribution in [0, 0.1) is 5.82 Å². The topological polar surface area (TPSA) is 46.5 Å². The molecule has 0 saturated heterocycles. The summed E-state index contributed by atoms with van der Waals surface area (Å²) in [5.41, 5.74) is -0.205. The molecule has 0 aliphatic heterocycles.